The molecule has 0 unspecified atom stereocenters. The number of hydrogen-bond donors (Lipinski definition) is 1. The normalized spacial score (nSPS) is 16.4. The number of amides is 1. The summed E-state index contributed by atoms with van der Waals surface area (Å²) in [5.41, 5.74) is 0.942. The number of hydrogen-bond acceptors (Lipinski definition) is 4. The van der Waals surface area contributed by atoms with Crippen LogP contribution in [0.3, 0.4) is 0 Å². The van der Waals surface area contributed by atoms with Gasteiger partial charge < -0.3 is 5.32 Å². The van der Waals surface area contributed by atoms with Crippen molar-refractivity contribution in [3.05, 3.63) is 42.1 Å². The predicted molar refractivity (Wildman–Crippen MR) is 97.2 cm³/mol. The molecule has 1 amide bonds. The van der Waals surface area contributed by atoms with Gasteiger partial charge in [-0.05, 0) is 30.5 Å². The molecule has 1 aliphatic heterocycles. The van der Waals surface area contributed by atoms with E-state index in [1.54, 1.807) is 41.2 Å². The van der Waals surface area contributed by atoms with Crippen LogP contribution >= 0.6 is 0 Å². The quantitative estimate of drug-likeness (QED) is 0.885. The minimum absolute atomic E-state index is 0.151. The molecule has 2 heterocycles. The molecule has 8 heteroatoms. The van der Waals surface area contributed by atoms with Crippen molar-refractivity contribution in [3.63, 3.8) is 0 Å². The van der Waals surface area contributed by atoms with Gasteiger partial charge in [-0.25, -0.2) is 13.1 Å². The molecule has 0 saturated carbocycles. The second-order valence-corrected chi connectivity index (χ2v) is 8.55. The van der Waals surface area contributed by atoms with Crippen LogP contribution in [0, 0.1) is 5.92 Å². The van der Waals surface area contributed by atoms with Crippen LogP contribution in [0.5, 0.6) is 0 Å². The highest BCUT2D eigenvalue weighted by molar-refractivity contribution is 7.93. The molecule has 134 valence electrons. The average molecular weight is 362 g/mol. The third-order valence-corrected chi connectivity index (χ3v) is 5.86. The van der Waals surface area contributed by atoms with Crippen molar-refractivity contribution in [3.8, 4) is 0 Å². The monoisotopic (exact) mass is 362 g/mol. The van der Waals surface area contributed by atoms with E-state index in [2.05, 4.69) is 24.3 Å². The highest BCUT2D eigenvalue weighted by Crippen LogP contribution is 2.25. The second kappa shape index (κ2) is 6.87. The minimum atomic E-state index is -3.27. The Hall–Kier alpha value is -2.35. The lowest BCUT2D eigenvalue weighted by Crippen LogP contribution is -2.25. The summed E-state index contributed by atoms with van der Waals surface area (Å²) < 4.78 is 27.2. The topological polar surface area (TPSA) is 84.3 Å². The zero-order chi connectivity index (χ0) is 18.0. The third-order valence-electron chi connectivity index (χ3n) is 3.99. The molecule has 1 N–H and O–H groups in total. The second-order valence-electron chi connectivity index (χ2n) is 6.54. The summed E-state index contributed by atoms with van der Waals surface area (Å²) in [6, 6.07) is 8.44. The number of nitrogens with zero attached hydrogens (tertiary/aromatic N) is 3. The van der Waals surface area contributed by atoms with Crippen LogP contribution < -0.4 is 9.62 Å². The fraction of sp³-hybridized carbons (Fsp3) is 0.412. The van der Waals surface area contributed by atoms with Crippen LogP contribution in [0.15, 0.2) is 36.5 Å². The van der Waals surface area contributed by atoms with Crippen molar-refractivity contribution in [1.29, 1.82) is 0 Å². The Morgan fingerprint density at radius 1 is 1.32 bits per heavy atom. The number of anilines is 2. The Kier molecular flexibility index (Phi) is 4.80. The van der Waals surface area contributed by atoms with Gasteiger partial charge in [0, 0.05) is 24.7 Å². The van der Waals surface area contributed by atoms with Gasteiger partial charge >= 0.3 is 0 Å². The van der Waals surface area contributed by atoms with Crippen molar-refractivity contribution in [2.75, 3.05) is 21.9 Å². The summed E-state index contributed by atoms with van der Waals surface area (Å²) in [6.45, 7) is 5.31. The molecular weight excluding hydrogens is 340 g/mol. The Balaban J connectivity index is 1.80. The molecular formula is C17H22N4O3S. The molecule has 1 aromatic carbocycles. The van der Waals surface area contributed by atoms with Crippen LogP contribution in [-0.2, 0) is 16.6 Å². The zero-order valence-electron chi connectivity index (χ0n) is 14.3. The molecule has 2 aromatic rings. The molecule has 1 aromatic heterocycles. The van der Waals surface area contributed by atoms with Gasteiger partial charge in [-0.1, -0.05) is 19.9 Å². The fourth-order valence-electron chi connectivity index (χ4n) is 2.85. The molecule has 0 aliphatic carbocycles. The van der Waals surface area contributed by atoms with Crippen molar-refractivity contribution >= 4 is 27.4 Å². The third kappa shape index (κ3) is 3.84. The van der Waals surface area contributed by atoms with E-state index in [-0.39, 0.29) is 11.7 Å². The van der Waals surface area contributed by atoms with Crippen LogP contribution in [0.1, 0.15) is 30.6 Å². The molecule has 0 atom stereocenters. The molecule has 0 radical (unpaired) electrons. The first kappa shape index (κ1) is 17.5. The zero-order valence-corrected chi connectivity index (χ0v) is 15.2. The SMILES string of the molecule is CC(C)Cn1nccc1NC(=O)c1cccc(N2CCCS2(=O)=O)c1. The lowest BCUT2D eigenvalue weighted by Gasteiger charge is -2.17. The molecule has 0 spiro atoms. The Labute approximate surface area is 147 Å². The van der Waals surface area contributed by atoms with E-state index in [0.29, 0.717) is 42.5 Å². The standard InChI is InChI=1S/C17H22N4O3S/c1-13(2)12-20-16(7-8-18-20)19-17(22)14-5-3-6-15(11-14)21-9-4-10-25(21,23)24/h3,5-8,11,13H,4,9-10,12H2,1-2H3,(H,19,22). The first-order valence-corrected chi connectivity index (χ1v) is 9.91. The lowest BCUT2D eigenvalue weighted by molar-refractivity contribution is 0.102. The summed E-state index contributed by atoms with van der Waals surface area (Å²) in [6.07, 6.45) is 2.25. The lowest BCUT2D eigenvalue weighted by atomic mass is 10.2. The van der Waals surface area contributed by atoms with Gasteiger partial charge in [-0.15, -0.1) is 0 Å². The molecule has 1 aliphatic rings. The molecule has 1 saturated heterocycles. The smallest absolute Gasteiger partial charge is 0.256 e. The number of carbonyl (C=O) groups is 1. The van der Waals surface area contributed by atoms with Gasteiger partial charge in [0.2, 0.25) is 10.0 Å². The van der Waals surface area contributed by atoms with Crippen LogP contribution in [-0.4, -0.2) is 36.4 Å². The number of rotatable bonds is 5. The number of sulfonamides is 1. The van der Waals surface area contributed by atoms with Gasteiger partial charge in [-0.3, -0.25) is 9.10 Å². The van der Waals surface area contributed by atoms with Gasteiger partial charge in [-0.2, -0.15) is 5.10 Å². The van der Waals surface area contributed by atoms with Crippen molar-refractivity contribution in [2.24, 2.45) is 5.92 Å². The van der Waals surface area contributed by atoms with Crippen LogP contribution in [0.2, 0.25) is 0 Å². The van der Waals surface area contributed by atoms with E-state index in [1.807, 2.05) is 0 Å². The van der Waals surface area contributed by atoms with E-state index >= 15 is 0 Å². The average Bonchev–Trinajstić information content (AvgIpc) is 3.12. The maximum Gasteiger partial charge on any atom is 0.256 e. The Morgan fingerprint density at radius 3 is 2.80 bits per heavy atom. The van der Waals surface area contributed by atoms with Gasteiger partial charge in [0.1, 0.15) is 5.82 Å². The van der Waals surface area contributed by atoms with Crippen LogP contribution in [0.25, 0.3) is 0 Å². The summed E-state index contributed by atoms with van der Waals surface area (Å²) in [4.78, 5) is 12.6. The number of carbonyl (C=O) groups excluding carboxylic acids is 1. The number of nitrogens with one attached hydrogen (secondary N) is 1. The first-order valence-electron chi connectivity index (χ1n) is 8.30. The molecule has 0 bridgehead atoms. The van der Waals surface area contributed by atoms with Crippen molar-refractivity contribution < 1.29 is 13.2 Å². The van der Waals surface area contributed by atoms with Crippen molar-refractivity contribution in [2.45, 2.75) is 26.8 Å². The fourth-order valence-corrected chi connectivity index (χ4v) is 4.41. The summed E-state index contributed by atoms with van der Waals surface area (Å²) in [5, 5.41) is 7.06. The highest BCUT2D eigenvalue weighted by atomic mass is 32.2. The van der Waals surface area contributed by atoms with Gasteiger partial charge in [0.15, 0.2) is 0 Å². The van der Waals surface area contributed by atoms with Crippen LogP contribution in [0.4, 0.5) is 11.5 Å². The van der Waals surface area contributed by atoms with Gasteiger partial charge in [0.25, 0.3) is 5.91 Å². The maximum absolute atomic E-state index is 12.6. The van der Waals surface area contributed by atoms with Crippen molar-refractivity contribution in [1.82, 2.24) is 9.78 Å². The first-order chi connectivity index (χ1) is 11.9. The van der Waals surface area contributed by atoms with E-state index < -0.39 is 10.0 Å². The number of benzene rings is 1. The summed E-state index contributed by atoms with van der Waals surface area (Å²) in [5.74, 6) is 0.888. The maximum atomic E-state index is 12.6. The number of aromatic nitrogens is 2. The van der Waals surface area contributed by atoms with E-state index in [9.17, 15) is 13.2 Å². The predicted octanol–water partition coefficient (Wildman–Crippen LogP) is 2.33. The Bertz CT molecular complexity index is 874. The van der Waals surface area contributed by atoms with E-state index in [1.165, 1.54) is 4.31 Å². The van der Waals surface area contributed by atoms with Gasteiger partial charge in [0.05, 0.1) is 17.6 Å². The highest BCUT2D eigenvalue weighted by Gasteiger charge is 2.28. The Morgan fingerprint density at radius 2 is 2.12 bits per heavy atom. The summed E-state index contributed by atoms with van der Waals surface area (Å²) in [7, 11) is -3.27. The summed E-state index contributed by atoms with van der Waals surface area (Å²) >= 11 is 0. The largest absolute Gasteiger partial charge is 0.307 e. The van der Waals surface area contributed by atoms with E-state index in [0.717, 1.165) is 0 Å². The molecule has 25 heavy (non-hydrogen) atoms. The molecule has 3 rings (SSSR count). The minimum Gasteiger partial charge on any atom is -0.307 e. The van der Waals surface area contributed by atoms with E-state index in [4.69, 9.17) is 0 Å². The molecule has 1 fully saturated rings. The molecule has 7 nitrogen and oxygen atoms in total.